The number of aromatic amines is 1. The van der Waals surface area contributed by atoms with E-state index in [1.54, 1.807) is 6.07 Å². The first-order valence-electron chi connectivity index (χ1n) is 9.69. The van der Waals surface area contributed by atoms with E-state index in [0.29, 0.717) is 6.04 Å². The minimum Gasteiger partial charge on any atom is -0.477 e. The van der Waals surface area contributed by atoms with Gasteiger partial charge in [0.1, 0.15) is 5.56 Å². The number of pyridine rings is 1. The summed E-state index contributed by atoms with van der Waals surface area (Å²) in [5, 5.41) is 13.9. The number of carboxylic acids is 1. The van der Waals surface area contributed by atoms with E-state index in [2.05, 4.69) is 54.0 Å². The molecule has 1 aliphatic rings. The highest BCUT2D eigenvalue weighted by molar-refractivity contribution is 5.90. The minimum atomic E-state index is -1.19. The monoisotopic (exact) mass is 415 g/mol. The average molecular weight is 416 g/mol. The van der Waals surface area contributed by atoms with Crippen LogP contribution >= 0.6 is 12.4 Å². The number of H-pyrrole nitrogens is 1. The number of carbonyl (C=O) groups is 1. The van der Waals surface area contributed by atoms with Crippen molar-refractivity contribution < 1.29 is 9.90 Å². The third kappa shape index (κ3) is 3.82. The topological polar surface area (TPSA) is 87.1 Å². The van der Waals surface area contributed by atoms with Crippen molar-refractivity contribution >= 4 is 29.3 Å². The van der Waals surface area contributed by atoms with Crippen LogP contribution in [0.3, 0.4) is 0 Å². The number of aromatic nitrogens is 2. The lowest BCUT2D eigenvalue weighted by Gasteiger charge is -2.11. The summed E-state index contributed by atoms with van der Waals surface area (Å²) < 4.78 is 2.22. The number of nitrogens with zero attached hydrogens (tertiary/aromatic N) is 1. The van der Waals surface area contributed by atoms with E-state index < -0.39 is 11.5 Å². The minimum absolute atomic E-state index is 0. The zero-order valence-electron chi connectivity index (χ0n) is 16.8. The van der Waals surface area contributed by atoms with Crippen molar-refractivity contribution in [3.63, 3.8) is 0 Å². The number of hydrogen-bond donors (Lipinski definition) is 3. The molecule has 0 saturated heterocycles. The quantitative estimate of drug-likeness (QED) is 0.607. The van der Waals surface area contributed by atoms with E-state index in [-0.39, 0.29) is 18.0 Å². The van der Waals surface area contributed by atoms with Gasteiger partial charge in [-0.1, -0.05) is 13.8 Å². The van der Waals surface area contributed by atoms with Crippen LogP contribution in [-0.2, 0) is 26.4 Å². The van der Waals surface area contributed by atoms with Crippen LogP contribution in [-0.4, -0.2) is 26.7 Å². The molecule has 0 spiro atoms. The van der Waals surface area contributed by atoms with Crippen LogP contribution in [0, 0.1) is 0 Å². The van der Waals surface area contributed by atoms with Gasteiger partial charge in [-0.05, 0) is 54.7 Å². The van der Waals surface area contributed by atoms with Crippen LogP contribution in [0.1, 0.15) is 47.4 Å². The van der Waals surface area contributed by atoms with Crippen LogP contribution < -0.4 is 10.9 Å². The van der Waals surface area contributed by atoms with Gasteiger partial charge in [0.05, 0.1) is 5.69 Å². The highest BCUT2D eigenvalue weighted by Gasteiger charge is 2.21. The average Bonchev–Trinajstić information content (AvgIpc) is 2.84. The van der Waals surface area contributed by atoms with Crippen LogP contribution in [0.2, 0.25) is 0 Å². The molecule has 0 atom stereocenters. The standard InChI is InChI=1S/C22H25N3O3.ClH/c1-12(2)23-11-16-7-15-9-17-13(10-19(15)25(16)3)5-4-6-14-8-18(22(27)28)21(26)24-20(14)17;/h7-10,12,23H,4-6,11H2,1-3H3,(H,24,26)(H,27,28);1H. The van der Waals surface area contributed by atoms with Gasteiger partial charge in [0.25, 0.3) is 5.56 Å². The van der Waals surface area contributed by atoms with Gasteiger partial charge in [0.2, 0.25) is 0 Å². The summed E-state index contributed by atoms with van der Waals surface area (Å²) in [6.07, 6.45) is 2.57. The van der Waals surface area contributed by atoms with E-state index in [1.807, 2.05) is 0 Å². The van der Waals surface area contributed by atoms with Gasteiger partial charge in [-0.15, -0.1) is 12.4 Å². The molecule has 2 aromatic heterocycles. The third-order valence-corrected chi connectivity index (χ3v) is 5.57. The molecule has 0 aliphatic heterocycles. The second-order valence-corrected chi connectivity index (χ2v) is 7.87. The molecule has 0 saturated carbocycles. The van der Waals surface area contributed by atoms with E-state index in [0.717, 1.165) is 48.0 Å². The molecule has 2 heterocycles. The lowest BCUT2D eigenvalue weighted by atomic mass is 9.99. The van der Waals surface area contributed by atoms with Gasteiger partial charge in [0, 0.05) is 41.8 Å². The lowest BCUT2D eigenvalue weighted by Crippen LogP contribution is -2.22. The van der Waals surface area contributed by atoms with E-state index in [1.165, 1.54) is 16.8 Å². The maximum absolute atomic E-state index is 12.3. The predicted octanol–water partition coefficient (Wildman–Crippen LogP) is 3.64. The van der Waals surface area contributed by atoms with Gasteiger partial charge in [-0.2, -0.15) is 0 Å². The Labute approximate surface area is 175 Å². The van der Waals surface area contributed by atoms with Crippen LogP contribution in [0.15, 0.2) is 29.1 Å². The SMILES string of the molecule is CC(C)NCc1cc2cc3c(cc2n1C)CCCc1cc(C(=O)O)c(=O)[nH]c1-3.Cl. The molecule has 0 fully saturated rings. The van der Waals surface area contributed by atoms with Gasteiger partial charge < -0.3 is 20.0 Å². The number of aromatic carboxylic acids is 1. The number of aryl methyl sites for hydroxylation is 3. The fourth-order valence-corrected chi connectivity index (χ4v) is 4.04. The second kappa shape index (κ2) is 8.05. The lowest BCUT2D eigenvalue weighted by molar-refractivity contribution is 0.0695. The summed E-state index contributed by atoms with van der Waals surface area (Å²) in [5.74, 6) is -1.19. The van der Waals surface area contributed by atoms with Crippen molar-refractivity contribution in [2.24, 2.45) is 7.05 Å². The third-order valence-electron chi connectivity index (χ3n) is 5.57. The Balaban J connectivity index is 0.00000240. The summed E-state index contributed by atoms with van der Waals surface area (Å²) >= 11 is 0. The molecule has 4 rings (SSSR count). The Hall–Kier alpha value is -2.57. The van der Waals surface area contributed by atoms with Crippen LogP contribution in [0.5, 0.6) is 0 Å². The summed E-state index contributed by atoms with van der Waals surface area (Å²) in [6.45, 7) is 5.05. The Morgan fingerprint density at radius 3 is 2.62 bits per heavy atom. The van der Waals surface area contributed by atoms with Gasteiger partial charge in [0.15, 0.2) is 0 Å². The van der Waals surface area contributed by atoms with Crippen LogP contribution in [0.25, 0.3) is 22.2 Å². The largest absolute Gasteiger partial charge is 0.477 e. The number of rotatable bonds is 4. The normalized spacial score (nSPS) is 13.0. The highest BCUT2D eigenvalue weighted by atomic mass is 35.5. The summed E-state index contributed by atoms with van der Waals surface area (Å²) in [6, 6.07) is 8.47. The number of benzene rings is 1. The number of hydrogen-bond acceptors (Lipinski definition) is 3. The Bertz CT molecular complexity index is 1140. The molecule has 0 unspecified atom stereocenters. The summed E-state index contributed by atoms with van der Waals surface area (Å²) in [7, 11) is 2.08. The fraction of sp³-hybridized carbons (Fsp3) is 0.364. The van der Waals surface area contributed by atoms with Crippen molar-refractivity contribution in [1.82, 2.24) is 14.9 Å². The molecular formula is C22H26ClN3O3. The molecule has 3 aromatic rings. The molecule has 7 heteroatoms. The highest BCUT2D eigenvalue weighted by Crippen LogP contribution is 2.34. The summed E-state index contributed by atoms with van der Waals surface area (Å²) in [4.78, 5) is 26.5. The zero-order valence-corrected chi connectivity index (χ0v) is 17.7. The molecule has 6 nitrogen and oxygen atoms in total. The maximum atomic E-state index is 12.3. The van der Waals surface area contributed by atoms with Gasteiger partial charge in [-0.3, -0.25) is 4.79 Å². The smallest absolute Gasteiger partial charge is 0.341 e. The molecular weight excluding hydrogens is 390 g/mol. The van der Waals surface area contributed by atoms with Crippen molar-refractivity contribution in [3.05, 3.63) is 57.0 Å². The molecule has 0 radical (unpaired) electrons. The molecule has 0 amide bonds. The second-order valence-electron chi connectivity index (χ2n) is 7.87. The zero-order chi connectivity index (χ0) is 20.0. The number of carboxylic acid groups (broad SMARTS) is 1. The molecule has 154 valence electrons. The first kappa shape index (κ1) is 21.1. The molecule has 0 bridgehead atoms. The predicted molar refractivity (Wildman–Crippen MR) is 117 cm³/mol. The van der Waals surface area contributed by atoms with Gasteiger partial charge >= 0.3 is 5.97 Å². The first-order chi connectivity index (χ1) is 13.3. The first-order valence-corrected chi connectivity index (χ1v) is 9.69. The number of halogens is 1. The molecule has 1 aromatic carbocycles. The maximum Gasteiger partial charge on any atom is 0.341 e. The van der Waals surface area contributed by atoms with Crippen molar-refractivity contribution in [3.8, 4) is 11.3 Å². The van der Waals surface area contributed by atoms with Crippen molar-refractivity contribution in [2.45, 2.75) is 45.7 Å². The Morgan fingerprint density at radius 2 is 1.93 bits per heavy atom. The Kier molecular flexibility index (Phi) is 5.87. The van der Waals surface area contributed by atoms with E-state index >= 15 is 0 Å². The van der Waals surface area contributed by atoms with Crippen molar-refractivity contribution in [1.29, 1.82) is 0 Å². The fourth-order valence-electron chi connectivity index (χ4n) is 4.04. The molecule has 1 aliphatic carbocycles. The molecule has 29 heavy (non-hydrogen) atoms. The number of nitrogens with one attached hydrogen (secondary N) is 2. The molecule has 3 N–H and O–H groups in total. The van der Waals surface area contributed by atoms with E-state index in [4.69, 9.17) is 0 Å². The number of fused-ring (bicyclic) bond motifs is 4. The van der Waals surface area contributed by atoms with Crippen molar-refractivity contribution in [2.75, 3.05) is 0 Å². The van der Waals surface area contributed by atoms with E-state index in [9.17, 15) is 14.7 Å². The van der Waals surface area contributed by atoms with Crippen LogP contribution in [0.4, 0.5) is 0 Å². The Morgan fingerprint density at radius 1 is 1.21 bits per heavy atom. The van der Waals surface area contributed by atoms with Gasteiger partial charge in [-0.25, -0.2) is 4.79 Å². The summed E-state index contributed by atoms with van der Waals surface area (Å²) in [5.41, 5.74) is 5.49.